The largest absolute Gasteiger partial charge is 0.353 e. The molecule has 5 heterocycles. The first-order chi connectivity index (χ1) is 37.4. The van der Waals surface area contributed by atoms with Gasteiger partial charge in [0, 0.05) is 124 Å². The van der Waals surface area contributed by atoms with Crippen LogP contribution in [0.1, 0.15) is 127 Å². The Morgan fingerprint density at radius 2 is 1.47 bits per heavy atom. The Kier molecular flexibility index (Phi) is 18.1. The van der Waals surface area contributed by atoms with Crippen LogP contribution in [0.2, 0.25) is 5.02 Å². The predicted octanol–water partition coefficient (Wildman–Crippen LogP) is 7.62. The number of nitrogens with one attached hydrogen (secondary N) is 2. The number of likely N-dealkylation sites (tertiary alicyclic amines) is 2. The Morgan fingerprint density at radius 1 is 0.727 bits per heavy atom. The predicted molar refractivity (Wildman–Crippen MR) is 295 cm³/mol. The van der Waals surface area contributed by atoms with E-state index in [1.807, 2.05) is 58.3 Å². The van der Waals surface area contributed by atoms with Crippen LogP contribution in [0.5, 0.6) is 0 Å². The van der Waals surface area contributed by atoms with Gasteiger partial charge in [0.2, 0.25) is 17.7 Å². The number of hydrogen-bond acceptors (Lipinski definition) is 10. The van der Waals surface area contributed by atoms with Gasteiger partial charge < -0.3 is 35.1 Å². The molecule has 4 atom stereocenters. The van der Waals surface area contributed by atoms with Crippen LogP contribution in [0, 0.1) is 23.5 Å². The number of carbonyl (C=O) groups excluding carboxylic acids is 4. The van der Waals surface area contributed by atoms with Gasteiger partial charge in [-0.3, -0.25) is 24.1 Å². The number of rotatable bonds is 16. The second kappa shape index (κ2) is 25.5. The highest BCUT2D eigenvalue weighted by molar-refractivity contribution is 6.30. The fourth-order valence-corrected chi connectivity index (χ4v) is 13.3. The Hall–Kier alpha value is -5.55. The zero-order chi connectivity index (χ0) is 53.4. The van der Waals surface area contributed by atoms with E-state index in [-0.39, 0.29) is 54.5 Å². The van der Waals surface area contributed by atoms with Crippen LogP contribution in [0.3, 0.4) is 0 Å². The highest BCUT2D eigenvalue weighted by Crippen LogP contribution is 2.38. The van der Waals surface area contributed by atoms with Crippen molar-refractivity contribution in [2.45, 2.75) is 108 Å². The van der Waals surface area contributed by atoms with Crippen LogP contribution in [-0.4, -0.2) is 162 Å². The van der Waals surface area contributed by atoms with Gasteiger partial charge in [-0.1, -0.05) is 68.1 Å². The van der Waals surface area contributed by atoms with Gasteiger partial charge >= 0.3 is 0 Å². The Bertz CT molecular complexity index is 2690. The fourth-order valence-electron chi connectivity index (χ4n) is 13.1. The third-order valence-electron chi connectivity index (χ3n) is 17.7. The standard InChI is InChI=1S/C60H77ClF2N10O4/c1-41-12-19-53-55(41)57(66-40-65-53)70-29-31-71(32-30-70)59(76)51(43-13-16-49(61)17-14-43)39-68-23-20-42(21-24-68)37-69-25-27-72(28-26-69)60(77)56(44-7-3-2-4-8-44)67-58(75)46-10-5-9-45(33-46)48-11-6-22-73(38-48)54(74)36-64-35-47-15-18-50(62)34-52(47)63/h5,9-10,13-18,33-34,40-42,44,48,51,56,64H,2-4,6-8,11-12,19-32,35-39H2,1H3,(H,67,75). The Morgan fingerprint density at radius 3 is 2.22 bits per heavy atom. The number of hydrogen-bond donors (Lipinski definition) is 2. The maximum atomic E-state index is 14.5. The molecular weight excluding hydrogens is 998 g/mol. The van der Waals surface area contributed by atoms with Gasteiger partial charge in [-0.2, -0.15) is 0 Å². The molecule has 2 aliphatic carbocycles. The van der Waals surface area contributed by atoms with E-state index in [9.17, 15) is 28.0 Å². The van der Waals surface area contributed by atoms with Crippen molar-refractivity contribution in [1.29, 1.82) is 0 Å². The zero-order valence-corrected chi connectivity index (χ0v) is 45.6. The summed E-state index contributed by atoms with van der Waals surface area (Å²) in [6.45, 7) is 12.7. The summed E-state index contributed by atoms with van der Waals surface area (Å²) in [4.78, 5) is 78.9. The first-order valence-electron chi connectivity index (χ1n) is 28.6. The summed E-state index contributed by atoms with van der Waals surface area (Å²) in [5, 5.41) is 6.91. The number of amides is 4. The number of carbonyl (C=O) groups is 4. The number of fused-ring (bicyclic) bond motifs is 1. The molecule has 14 nitrogen and oxygen atoms in total. The summed E-state index contributed by atoms with van der Waals surface area (Å²) in [6, 6.07) is 18.3. The Balaban J connectivity index is 0.693. The van der Waals surface area contributed by atoms with E-state index < -0.39 is 17.7 Å². The number of benzene rings is 3. The average molecular weight is 1080 g/mol. The molecule has 0 bridgehead atoms. The normalized spacial score (nSPS) is 21.9. The summed E-state index contributed by atoms with van der Waals surface area (Å²) in [5.74, 6) is 0.416. The van der Waals surface area contributed by atoms with Crippen molar-refractivity contribution in [1.82, 2.24) is 45.1 Å². The molecule has 2 N–H and O–H groups in total. The van der Waals surface area contributed by atoms with Crippen molar-refractivity contribution in [2.75, 3.05) is 103 Å². The molecule has 5 fully saturated rings. The second-order valence-electron chi connectivity index (χ2n) is 22.8. The summed E-state index contributed by atoms with van der Waals surface area (Å²) in [5.41, 5.74) is 5.24. The first-order valence-corrected chi connectivity index (χ1v) is 29.0. The van der Waals surface area contributed by atoms with E-state index in [0.29, 0.717) is 73.8 Å². The molecule has 0 spiro atoms. The monoisotopic (exact) mass is 1070 g/mol. The number of piperazine rings is 2. The van der Waals surface area contributed by atoms with Crippen LogP contribution in [0.4, 0.5) is 14.6 Å². The Labute approximate surface area is 458 Å². The molecule has 3 aromatic carbocycles. The molecule has 4 unspecified atom stereocenters. The number of piperidine rings is 2. The fraction of sp³-hybridized carbons (Fsp3) is 0.567. The maximum Gasteiger partial charge on any atom is 0.251 e. The summed E-state index contributed by atoms with van der Waals surface area (Å²) in [6.07, 6.45) is 12.6. The first kappa shape index (κ1) is 54.8. The minimum absolute atomic E-state index is 0.0155. The van der Waals surface area contributed by atoms with Gasteiger partial charge in [-0.15, -0.1) is 0 Å². The molecule has 1 saturated carbocycles. The molecular formula is C60H77ClF2N10O4. The highest BCUT2D eigenvalue weighted by Gasteiger charge is 2.38. The maximum absolute atomic E-state index is 14.5. The van der Waals surface area contributed by atoms with Gasteiger partial charge in [0.05, 0.1) is 12.5 Å². The lowest BCUT2D eigenvalue weighted by atomic mass is 9.83. The van der Waals surface area contributed by atoms with E-state index in [0.717, 1.165) is 139 Å². The number of anilines is 1. The van der Waals surface area contributed by atoms with Gasteiger partial charge in [-0.25, -0.2) is 18.7 Å². The molecule has 6 aliphatic rings. The van der Waals surface area contributed by atoms with Crippen molar-refractivity contribution in [3.63, 3.8) is 0 Å². The van der Waals surface area contributed by atoms with Crippen molar-refractivity contribution in [2.24, 2.45) is 11.8 Å². The van der Waals surface area contributed by atoms with Crippen molar-refractivity contribution >= 4 is 41.0 Å². The molecule has 4 saturated heterocycles. The van der Waals surface area contributed by atoms with Crippen LogP contribution >= 0.6 is 11.6 Å². The minimum atomic E-state index is -0.648. The number of aromatic nitrogens is 2. The molecule has 0 radical (unpaired) electrons. The molecule has 17 heteroatoms. The summed E-state index contributed by atoms with van der Waals surface area (Å²) >= 11 is 6.34. The van der Waals surface area contributed by atoms with E-state index in [1.54, 1.807) is 6.33 Å². The molecule has 412 valence electrons. The van der Waals surface area contributed by atoms with Gasteiger partial charge in [0.15, 0.2) is 0 Å². The van der Waals surface area contributed by atoms with Crippen molar-refractivity contribution < 1.29 is 28.0 Å². The van der Waals surface area contributed by atoms with E-state index in [1.165, 1.54) is 23.4 Å². The lowest BCUT2D eigenvalue weighted by molar-refractivity contribution is -0.137. The van der Waals surface area contributed by atoms with Crippen LogP contribution in [-0.2, 0) is 27.3 Å². The lowest BCUT2D eigenvalue weighted by Gasteiger charge is -2.41. The van der Waals surface area contributed by atoms with E-state index in [4.69, 9.17) is 16.6 Å². The number of nitrogens with zero attached hydrogens (tertiary/aromatic N) is 8. The quantitative estimate of drug-likeness (QED) is 0.115. The van der Waals surface area contributed by atoms with Gasteiger partial charge in [0.25, 0.3) is 5.91 Å². The SMILES string of the molecule is CC1CCc2ncnc(N3CCN(C(=O)C(CN4CCC(CN5CCN(C(=O)C(NC(=O)c6cccc(C7CCCN(C(=O)CNCc8ccc(F)cc8F)C7)c6)C6CCCCC6)CC5)CC4)c4ccc(Cl)cc4)CC3)c21. The molecule has 1 aromatic heterocycles. The second-order valence-corrected chi connectivity index (χ2v) is 23.2. The summed E-state index contributed by atoms with van der Waals surface area (Å²) in [7, 11) is 0. The topological polar surface area (TPSA) is 138 Å². The van der Waals surface area contributed by atoms with Crippen molar-refractivity contribution in [3.8, 4) is 0 Å². The smallest absolute Gasteiger partial charge is 0.251 e. The number of halogens is 3. The highest BCUT2D eigenvalue weighted by atomic mass is 35.5. The third kappa shape index (κ3) is 13.5. The minimum Gasteiger partial charge on any atom is -0.353 e. The summed E-state index contributed by atoms with van der Waals surface area (Å²) < 4.78 is 27.5. The van der Waals surface area contributed by atoms with Crippen molar-refractivity contribution in [3.05, 3.63) is 123 Å². The van der Waals surface area contributed by atoms with Gasteiger partial charge in [-0.05, 0) is 124 Å². The molecule has 10 rings (SSSR count). The van der Waals surface area contributed by atoms with E-state index >= 15 is 0 Å². The van der Waals surface area contributed by atoms with Crippen LogP contribution < -0.4 is 15.5 Å². The molecule has 4 aromatic rings. The lowest BCUT2D eigenvalue weighted by Crippen LogP contribution is -2.57. The van der Waals surface area contributed by atoms with Crippen LogP contribution in [0.25, 0.3) is 0 Å². The molecule has 4 aliphatic heterocycles. The third-order valence-corrected chi connectivity index (χ3v) is 18.0. The van der Waals surface area contributed by atoms with E-state index in [2.05, 4.69) is 42.1 Å². The zero-order valence-electron chi connectivity index (χ0n) is 44.8. The average Bonchev–Trinajstić information content (AvgIpc) is 3.85. The van der Waals surface area contributed by atoms with Crippen LogP contribution in [0.15, 0.2) is 73.1 Å². The number of aryl methyl sites for hydroxylation is 1. The van der Waals surface area contributed by atoms with Gasteiger partial charge in [0.1, 0.15) is 29.8 Å². The molecule has 77 heavy (non-hydrogen) atoms. The molecule has 4 amide bonds.